The van der Waals surface area contributed by atoms with Gasteiger partial charge in [-0.25, -0.2) is 0 Å². The van der Waals surface area contributed by atoms with Gasteiger partial charge in [-0.05, 0) is 90.3 Å². The van der Waals surface area contributed by atoms with Gasteiger partial charge in [-0.3, -0.25) is 0 Å². The summed E-state index contributed by atoms with van der Waals surface area (Å²) in [6, 6.07) is 50.6. The molecule has 0 saturated heterocycles. The van der Waals surface area contributed by atoms with Crippen LogP contribution in [-0.4, -0.2) is 4.48 Å². The third-order valence-corrected chi connectivity index (χ3v) is 11.3. The van der Waals surface area contributed by atoms with Gasteiger partial charge in [0.05, 0.1) is 0 Å². The number of quaternary nitrogens is 1. The molecule has 0 aliphatic carbocycles. The fourth-order valence-corrected chi connectivity index (χ4v) is 9.26. The van der Waals surface area contributed by atoms with Crippen LogP contribution in [0.4, 0.5) is 0 Å². The summed E-state index contributed by atoms with van der Waals surface area (Å²) in [5.74, 6) is 0. The van der Waals surface area contributed by atoms with Gasteiger partial charge < -0.3 is 21.5 Å². The first-order valence-electron chi connectivity index (χ1n) is 17.0. The molecule has 10 rings (SSSR count). The average Bonchev–Trinajstić information content (AvgIpc) is 3.34. The zero-order chi connectivity index (χ0) is 31.3. The molecule has 1 nitrogen and oxygen atoms in total. The van der Waals surface area contributed by atoms with Crippen LogP contribution < -0.4 is 17.0 Å². The monoisotopic (exact) mass is 681 g/mol. The predicted octanol–water partition coefficient (Wildman–Crippen LogP) is 8.80. The number of aryl methyl sites for hydroxylation is 2. The first kappa shape index (κ1) is 29.4. The quantitative estimate of drug-likeness (QED) is 0.140. The summed E-state index contributed by atoms with van der Waals surface area (Å²) in [6.07, 6.45) is 0. The van der Waals surface area contributed by atoms with Crippen molar-refractivity contribution in [1.29, 1.82) is 0 Å². The van der Waals surface area contributed by atoms with Gasteiger partial charge in [0, 0.05) is 22.3 Å². The molecular formula is C46H36BrN. The van der Waals surface area contributed by atoms with E-state index in [0.29, 0.717) is 0 Å². The van der Waals surface area contributed by atoms with Gasteiger partial charge in [-0.2, -0.15) is 0 Å². The number of rotatable bonds is 0. The highest BCUT2D eigenvalue weighted by Crippen LogP contribution is 2.50. The molecule has 0 bridgehead atoms. The van der Waals surface area contributed by atoms with Crippen molar-refractivity contribution in [2.45, 2.75) is 40.0 Å². The van der Waals surface area contributed by atoms with Crippen LogP contribution >= 0.6 is 0 Å². The molecule has 0 atom stereocenters. The molecule has 0 amide bonds. The summed E-state index contributed by atoms with van der Waals surface area (Å²) in [5.41, 5.74) is 14.5. The topological polar surface area (TPSA) is 0 Å². The first-order chi connectivity index (χ1) is 23.1. The molecule has 232 valence electrons. The summed E-state index contributed by atoms with van der Waals surface area (Å²) < 4.78 is 0.967. The van der Waals surface area contributed by atoms with Gasteiger partial charge >= 0.3 is 0 Å². The van der Waals surface area contributed by atoms with Crippen molar-refractivity contribution in [3.8, 4) is 22.3 Å². The lowest BCUT2D eigenvalue weighted by Crippen LogP contribution is -3.00. The first-order valence-corrected chi connectivity index (χ1v) is 17.0. The molecule has 0 fully saturated rings. The van der Waals surface area contributed by atoms with Crippen molar-refractivity contribution in [3.05, 3.63) is 167 Å². The molecule has 0 unspecified atom stereocenters. The van der Waals surface area contributed by atoms with E-state index in [0.717, 1.165) is 30.7 Å². The van der Waals surface area contributed by atoms with Gasteiger partial charge in [0.2, 0.25) is 0 Å². The van der Waals surface area contributed by atoms with Crippen molar-refractivity contribution in [1.82, 2.24) is 0 Å². The van der Waals surface area contributed by atoms with E-state index in [9.17, 15) is 0 Å². The normalized spacial score (nSPS) is 14.5. The minimum Gasteiger partial charge on any atom is -1.00 e. The lowest BCUT2D eigenvalue weighted by atomic mass is 9.85. The van der Waals surface area contributed by atoms with Gasteiger partial charge in [-0.1, -0.05) is 133 Å². The third-order valence-electron chi connectivity index (χ3n) is 11.3. The van der Waals surface area contributed by atoms with Crippen molar-refractivity contribution in [2.75, 3.05) is 0 Å². The van der Waals surface area contributed by atoms with Crippen LogP contribution in [0, 0.1) is 13.8 Å². The lowest BCUT2D eigenvalue weighted by molar-refractivity contribution is -0.978. The van der Waals surface area contributed by atoms with Crippen LogP contribution in [0.25, 0.3) is 65.3 Å². The number of benzene rings is 8. The van der Waals surface area contributed by atoms with Gasteiger partial charge in [0.1, 0.15) is 26.2 Å². The number of nitrogens with zero attached hydrogens (tertiary/aromatic N) is 1. The van der Waals surface area contributed by atoms with Crippen LogP contribution in [0.15, 0.2) is 133 Å². The number of fused-ring (bicyclic) bond motifs is 14. The summed E-state index contributed by atoms with van der Waals surface area (Å²) in [6.45, 7) is 8.66. The second-order valence-corrected chi connectivity index (χ2v) is 14.2. The second-order valence-electron chi connectivity index (χ2n) is 14.2. The van der Waals surface area contributed by atoms with E-state index in [1.165, 1.54) is 98.7 Å². The fraction of sp³-hybridized carbons (Fsp3) is 0.130. The maximum atomic E-state index is 2.45. The summed E-state index contributed by atoms with van der Waals surface area (Å²) in [7, 11) is 0. The molecular weight excluding hydrogens is 646 g/mol. The maximum Gasteiger partial charge on any atom is 0.106 e. The fourth-order valence-electron chi connectivity index (χ4n) is 9.26. The zero-order valence-electron chi connectivity index (χ0n) is 27.4. The Bertz CT molecular complexity index is 2430. The van der Waals surface area contributed by atoms with Crippen LogP contribution in [0.1, 0.15) is 33.4 Å². The molecule has 48 heavy (non-hydrogen) atoms. The van der Waals surface area contributed by atoms with Crippen LogP contribution in [-0.2, 0) is 26.2 Å². The molecule has 0 saturated carbocycles. The Labute approximate surface area is 292 Å². The molecule has 2 aliphatic rings. The highest BCUT2D eigenvalue weighted by atomic mass is 79.9. The van der Waals surface area contributed by atoms with E-state index >= 15 is 0 Å². The second kappa shape index (κ2) is 10.9. The third kappa shape index (κ3) is 4.26. The molecule has 8 aromatic carbocycles. The van der Waals surface area contributed by atoms with Crippen LogP contribution in [0.5, 0.6) is 0 Å². The minimum atomic E-state index is 0. The highest BCUT2D eigenvalue weighted by molar-refractivity contribution is 6.10. The lowest BCUT2D eigenvalue weighted by Gasteiger charge is -2.38. The summed E-state index contributed by atoms with van der Waals surface area (Å²) >= 11 is 0. The molecule has 1 spiro atoms. The van der Waals surface area contributed by atoms with Gasteiger partial charge in [0.15, 0.2) is 0 Å². The largest absolute Gasteiger partial charge is 1.00 e. The number of hydrogen-bond donors (Lipinski definition) is 0. The van der Waals surface area contributed by atoms with Gasteiger partial charge in [-0.15, -0.1) is 0 Å². The summed E-state index contributed by atoms with van der Waals surface area (Å²) in [4.78, 5) is 0. The Morgan fingerprint density at radius 3 is 1.15 bits per heavy atom. The van der Waals surface area contributed by atoms with Crippen molar-refractivity contribution < 1.29 is 21.5 Å². The SMILES string of the molecule is Cc1cc2ccccc2c2c1C[N+]1(Cc3ccc4ccccc4c3-c3c(ccc4ccccc34)C1)Cc1c(C)cc3ccccc3c1-2.[Br-]. The van der Waals surface area contributed by atoms with E-state index < -0.39 is 0 Å². The van der Waals surface area contributed by atoms with E-state index in [2.05, 4.69) is 147 Å². The molecule has 2 heterocycles. The van der Waals surface area contributed by atoms with Crippen molar-refractivity contribution in [2.24, 2.45) is 0 Å². The van der Waals surface area contributed by atoms with E-state index in [-0.39, 0.29) is 17.0 Å². The standard InChI is InChI=1S/C46H36N.BrH/c1-29-23-33-13-5-9-17-39(33)45-41(29)27-47(28-42-30(2)24-34-14-6-10-18-40(34)46(42)45)25-35-21-19-31-11-3-7-15-37(31)43(35)44-36(26-47)22-20-32-12-4-8-16-38(32)44;/h3-24H,25-28H2,1-2H3;1H/q+1;/p-1. The smallest absolute Gasteiger partial charge is 0.106 e. The Morgan fingerprint density at radius 1 is 0.375 bits per heavy atom. The van der Waals surface area contributed by atoms with Crippen molar-refractivity contribution >= 4 is 43.1 Å². The number of hydrogen-bond acceptors (Lipinski definition) is 0. The Morgan fingerprint density at radius 2 is 0.729 bits per heavy atom. The molecule has 8 aromatic rings. The molecule has 2 heteroatoms. The number of halogens is 1. The average molecular weight is 683 g/mol. The predicted molar refractivity (Wildman–Crippen MR) is 198 cm³/mol. The maximum absolute atomic E-state index is 2.45. The van der Waals surface area contributed by atoms with Crippen molar-refractivity contribution in [3.63, 3.8) is 0 Å². The minimum absolute atomic E-state index is 0. The Balaban J connectivity index is 0.00000314. The van der Waals surface area contributed by atoms with E-state index in [1.54, 1.807) is 0 Å². The van der Waals surface area contributed by atoms with Crippen LogP contribution in [0.3, 0.4) is 0 Å². The Hall–Kier alpha value is -4.76. The van der Waals surface area contributed by atoms with E-state index in [4.69, 9.17) is 0 Å². The molecule has 0 N–H and O–H groups in total. The Kier molecular flexibility index (Phi) is 6.66. The zero-order valence-corrected chi connectivity index (χ0v) is 28.9. The molecule has 2 aliphatic heterocycles. The highest BCUT2D eigenvalue weighted by Gasteiger charge is 2.40. The van der Waals surface area contributed by atoms with E-state index in [1.807, 2.05) is 0 Å². The van der Waals surface area contributed by atoms with Crippen LogP contribution in [0.2, 0.25) is 0 Å². The van der Waals surface area contributed by atoms with Gasteiger partial charge in [0.25, 0.3) is 0 Å². The molecule has 0 radical (unpaired) electrons. The summed E-state index contributed by atoms with van der Waals surface area (Å²) in [5, 5.41) is 10.8. The molecule has 0 aromatic heterocycles.